The van der Waals surface area contributed by atoms with Gasteiger partial charge in [-0.05, 0) is 43.2 Å². The molecule has 32 heavy (non-hydrogen) atoms. The Balaban J connectivity index is 1.28. The quantitative estimate of drug-likeness (QED) is 0.473. The van der Waals surface area contributed by atoms with Crippen LogP contribution in [0.5, 0.6) is 5.75 Å². The summed E-state index contributed by atoms with van der Waals surface area (Å²) in [5.74, 6) is 1.28. The molecule has 1 aliphatic rings. The van der Waals surface area contributed by atoms with E-state index in [2.05, 4.69) is 20.6 Å². The van der Waals surface area contributed by atoms with Crippen LogP contribution < -0.4 is 20.9 Å². The van der Waals surface area contributed by atoms with Gasteiger partial charge in [-0.1, -0.05) is 30.9 Å². The molecule has 0 bridgehead atoms. The van der Waals surface area contributed by atoms with E-state index in [1.54, 1.807) is 36.8 Å². The molecule has 2 N–H and O–H groups in total. The Morgan fingerprint density at radius 2 is 1.91 bits per heavy atom. The van der Waals surface area contributed by atoms with Crippen LogP contribution in [-0.2, 0) is 6.61 Å². The van der Waals surface area contributed by atoms with Crippen LogP contribution in [0.3, 0.4) is 0 Å². The number of nitrogens with zero attached hydrogens (tertiary/aromatic N) is 3. The number of halogens is 1. The molecule has 8 heteroatoms. The van der Waals surface area contributed by atoms with Gasteiger partial charge in [0.15, 0.2) is 0 Å². The highest BCUT2D eigenvalue weighted by Gasteiger charge is 2.11. The second-order valence-electron chi connectivity index (χ2n) is 7.94. The molecule has 0 amide bonds. The maximum absolute atomic E-state index is 12.5. The van der Waals surface area contributed by atoms with Gasteiger partial charge in [-0.3, -0.25) is 14.3 Å². The van der Waals surface area contributed by atoms with Crippen molar-refractivity contribution in [1.29, 1.82) is 0 Å². The minimum atomic E-state index is -0.189. The number of hydrogen-bond acceptors (Lipinski definition) is 6. The lowest BCUT2D eigenvalue weighted by molar-refractivity contribution is 0.300. The van der Waals surface area contributed by atoms with Crippen LogP contribution in [0.1, 0.15) is 37.8 Å². The van der Waals surface area contributed by atoms with E-state index in [-0.39, 0.29) is 12.2 Å². The van der Waals surface area contributed by atoms with Crippen molar-refractivity contribution in [1.82, 2.24) is 19.9 Å². The number of anilines is 1. The van der Waals surface area contributed by atoms with Gasteiger partial charge in [0.1, 0.15) is 18.2 Å². The van der Waals surface area contributed by atoms with Gasteiger partial charge in [-0.25, -0.2) is 4.98 Å². The average Bonchev–Trinajstić information content (AvgIpc) is 2.83. The lowest BCUT2D eigenvalue weighted by Crippen LogP contribution is -2.34. The lowest BCUT2D eigenvalue weighted by atomic mass is 9.95. The third kappa shape index (κ3) is 6.31. The summed E-state index contributed by atoms with van der Waals surface area (Å²) in [6, 6.07) is 11.2. The SMILES string of the molecule is O=c1cc(OCc2ccc(Cl)cn2)ccn1-c1ccc(NCCNC2CCCCC2)nc1. The third-order valence-corrected chi connectivity index (χ3v) is 5.79. The van der Waals surface area contributed by atoms with Crippen molar-refractivity contribution in [2.24, 2.45) is 0 Å². The van der Waals surface area contributed by atoms with E-state index < -0.39 is 0 Å². The van der Waals surface area contributed by atoms with E-state index >= 15 is 0 Å². The summed E-state index contributed by atoms with van der Waals surface area (Å²) in [7, 11) is 0. The average molecular weight is 454 g/mol. The van der Waals surface area contributed by atoms with Gasteiger partial charge in [0.2, 0.25) is 0 Å². The number of aromatic nitrogens is 3. The van der Waals surface area contributed by atoms with Crippen molar-refractivity contribution >= 4 is 17.4 Å². The summed E-state index contributed by atoms with van der Waals surface area (Å²) in [5.41, 5.74) is 1.25. The van der Waals surface area contributed by atoms with E-state index in [0.29, 0.717) is 22.5 Å². The molecule has 1 aliphatic carbocycles. The first-order chi connectivity index (χ1) is 15.7. The minimum Gasteiger partial charge on any atom is -0.487 e. The van der Waals surface area contributed by atoms with Crippen molar-refractivity contribution in [3.8, 4) is 11.4 Å². The minimum absolute atomic E-state index is 0.189. The van der Waals surface area contributed by atoms with Gasteiger partial charge in [0.25, 0.3) is 5.56 Å². The van der Waals surface area contributed by atoms with E-state index in [0.717, 1.165) is 24.6 Å². The molecule has 0 unspecified atom stereocenters. The first-order valence-electron chi connectivity index (χ1n) is 11.1. The summed E-state index contributed by atoms with van der Waals surface area (Å²) < 4.78 is 7.21. The Morgan fingerprint density at radius 3 is 2.62 bits per heavy atom. The van der Waals surface area contributed by atoms with Crippen molar-refractivity contribution in [2.45, 2.75) is 44.8 Å². The van der Waals surface area contributed by atoms with Gasteiger partial charge in [-0.15, -0.1) is 0 Å². The highest BCUT2D eigenvalue weighted by Crippen LogP contribution is 2.17. The number of rotatable bonds is 9. The van der Waals surface area contributed by atoms with Crippen LogP contribution in [0, 0.1) is 0 Å². The van der Waals surface area contributed by atoms with Crippen molar-refractivity contribution in [2.75, 3.05) is 18.4 Å². The second kappa shape index (κ2) is 11.1. The molecule has 1 saturated carbocycles. The van der Waals surface area contributed by atoms with Gasteiger partial charge in [0.05, 0.1) is 22.6 Å². The van der Waals surface area contributed by atoms with E-state index in [4.69, 9.17) is 16.3 Å². The number of pyridine rings is 3. The molecule has 7 nitrogen and oxygen atoms in total. The zero-order valence-electron chi connectivity index (χ0n) is 18.0. The van der Waals surface area contributed by atoms with Crippen LogP contribution in [0.15, 0.2) is 59.8 Å². The topological polar surface area (TPSA) is 81.1 Å². The van der Waals surface area contributed by atoms with Gasteiger partial charge < -0.3 is 15.4 Å². The Kier molecular flexibility index (Phi) is 7.74. The summed E-state index contributed by atoms with van der Waals surface area (Å²) in [6.07, 6.45) is 11.5. The molecular formula is C24H28ClN5O2. The summed E-state index contributed by atoms with van der Waals surface area (Å²) >= 11 is 5.84. The van der Waals surface area contributed by atoms with Crippen LogP contribution in [0.25, 0.3) is 5.69 Å². The largest absolute Gasteiger partial charge is 0.487 e. The standard InChI is InChI=1S/C24H28ClN5O2/c25-18-6-7-20(28-15-18)17-32-22-10-13-30(24(31)14-22)21-8-9-23(29-16-21)27-12-11-26-19-4-2-1-3-5-19/h6-10,13-16,19,26H,1-5,11-12,17H2,(H,27,29). The maximum Gasteiger partial charge on any atom is 0.258 e. The predicted molar refractivity (Wildman–Crippen MR) is 127 cm³/mol. The van der Waals surface area contributed by atoms with Gasteiger partial charge in [-0.2, -0.15) is 0 Å². The van der Waals surface area contributed by atoms with E-state index in [1.165, 1.54) is 42.7 Å². The molecule has 3 aromatic rings. The Bertz CT molecular complexity index is 1050. The first kappa shape index (κ1) is 22.3. The fourth-order valence-electron chi connectivity index (χ4n) is 3.82. The molecule has 4 rings (SSSR count). The van der Waals surface area contributed by atoms with Gasteiger partial charge in [0, 0.05) is 37.6 Å². The van der Waals surface area contributed by atoms with Crippen molar-refractivity contribution < 1.29 is 4.74 Å². The molecule has 1 fully saturated rings. The molecule has 0 atom stereocenters. The summed E-state index contributed by atoms with van der Waals surface area (Å²) in [4.78, 5) is 21.2. The molecule has 168 valence electrons. The zero-order chi connectivity index (χ0) is 22.2. The van der Waals surface area contributed by atoms with Crippen LogP contribution >= 0.6 is 11.6 Å². The van der Waals surface area contributed by atoms with Crippen LogP contribution in [0.2, 0.25) is 5.02 Å². The maximum atomic E-state index is 12.5. The zero-order valence-corrected chi connectivity index (χ0v) is 18.7. The highest BCUT2D eigenvalue weighted by atomic mass is 35.5. The molecule has 0 aliphatic heterocycles. The Labute approximate surface area is 192 Å². The summed E-state index contributed by atoms with van der Waals surface area (Å²) in [5, 5.41) is 7.51. The normalized spacial score (nSPS) is 14.3. The number of nitrogens with one attached hydrogen (secondary N) is 2. The molecule has 0 aromatic carbocycles. The van der Waals surface area contributed by atoms with E-state index in [1.807, 2.05) is 12.1 Å². The third-order valence-electron chi connectivity index (χ3n) is 5.56. The molecule has 0 spiro atoms. The lowest BCUT2D eigenvalue weighted by Gasteiger charge is -2.22. The summed E-state index contributed by atoms with van der Waals surface area (Å²) in [6.45, 7) is 2.00. The van der Waals surface area contributed by atoms with Crippen LogP contribution in [-0.4, -0.2) is 33.7 Å². The Morgan fingerprint density at radius 1 is 1.03 bits per heavy atom. The predicted octanol–water partition coefficient (Wildman–Crippen LogP) is 4.19. The number of hydrogen-bond donors (Lipinski definition) is 2. The van der Waals surface area contributed by atoms with Crippen molar-refractivity contribution in [3.63, 3.8) is 0 Å². The van der Waals surface area contributed by atoms with Crippen LogP contribution in [0.4, 0.5) is 5.82 Å². The highest BCUT2D eigenvalue weighted by molar-refractivity contribution is 6.30. The number of ether oxygens (including phenoxy) is 1. The molecular weight excluding hydrogens is 426 g/mol. The van der Waals surface area contributed by atoms with Crippen molar-refractivity contribution in [3.05, 3.63) is 76.1 Å². The van der Waals surface area contributed by atoms with Gasteiger partial charge >= 0.3 is 0 Å². The molecule has 0 radical (unpaired) electrons. The second-order valence-corrected chi connectivity index (χ2v) is 8.38. The fourth-order valence-corrected chi connectivity index (χ4v) is 3.93. The fraction of sp³-hybridized carbons (Fsp3) is 0.375. The monoisotopic (exact) mass is 453 g/mol. The van der Waals surface area contributed by atoms with E-state index in [9.17, 15) is 4.79 Å². The smallest absolute Gasteiger partial charge is 0.258 e. The Hall–Kier alpha value is -2.90. The molecule has 0 saturated heterocycles. The molecule has 3 heterocycles. The first-order valence-corrected chi connectivity index (χ1v) is 11.4. The molecule has 3 aromatic heterocycles.